The van der Waals surface area contributed by atoms with Crippen molar-refractivity contribution in [1.29, 1.82) is 0 Å². The van der Waals surface area contributed by atoms with Gasteiger partial charge in [-0.3, -0.25) is 4.79 Å². The third-order valence-electron chi connectivity index (χ3n) is 14.1. The summed E-state index contributed by atoms with van der Waals surface area (Å²) in [6.07, 6.45) is 59.1. The van der Waals surface area contributed by atoms with Crippen molar-refractivity contribution in [3.8, 4) is 0 Å². The van der Waals surface area contributed by atoms with Crippen molar-refractivity contribution < 1.29 is 44.2 Å². The van der Waals surface area contributed by atoms with Crippen molar-refractivity contribution in [3.05, 3.63) is 36.5 Å². The summed E-state index contributed by atoms with van der Waals surface area (Å²) in [7, 11) is 0. The lowest BCUT2D eigenvalue weighted by atomic mass is 9.99. The van der Waals surface area contributed by atoms with E-state index >= 15 is 0 Å². The summed E-state index contributed by atoms with van der Waals surface area (Å²) in [5.41, 5.74) is 0. The lowest BCUT2D eigenvalue weighted by Crippen LogP contribution is -2.59. The molecule has 412 valence electrons. The molecule has 4 N–H and O–H groups in total. The molecule has 0 amide bonds. The molecule has 1 rings (SSSR count). The summed E-state index contributed by atoms with van der Waals surface area (Å²) >= 11 is 0. The number of aliphatic hydroxyl groups is 4. The molecular formula is C61H114O9. The van der Waals surface area contributed by atoms with E-state index in [-0.39, 0.29) is 19.2 Å². The highest BCUT2D eigenvalue weighted by molar-refractivity contribution is 5.69. The van der Waals surface area contributed by atoms with Gasteiger partial charge in [-0.05, 0) is 51.4 Å². The molecule has 0 aromatic carbocycles. The number of rotatable bonds is 53. The molecule has 0 spiro atoms. The standard InChI is InChI=1S/C61H114O9/c1-3-5-7-9-11-13-15-17-19-21-23-25-27-28-29-30-32-34-36-38-40-42-44-46-48-50-57(63)69-55(54-68-61-60(66)59(65)58(64)56(52-62)70-61)53-67-51-49-47-45-43-41-39-37-35-33-31-26-24-22-20-18-16-14-12-10-8-6-4-2/h15,17,21,23,27-28,55-56,58-62,64-66H,3-14,16,18-20,22,24-26,29-54H2,1-2H3/b17-15-,23-21-,28-27-. The van der Waals surface area contributed by atoms with Crippen LogP contribution in [0.2, 0.25) is 0 Å². The largest absolute Gasteiger partial charge is 0.457 e. The van der Waals surface area contributed by atoms with E-state index in [1.807, 2.05) is 0 Å². The highest BCUT2D eigenvalue weighted by atomic mass is 16.7. The third-order valence-corrected chi connectivity index (χ3v) is 14.1. The van der Waals surface area contributed by atoms with Crippen LogP contribution in [0.3, 0.4) is 0 Å². The number of hydrogen-bond acceptors (Lipinski definition) is 9. The first kappa shape index (κ1) is 66.4. The van der Waals surface area contributed by atoms with Crippen LogP contribution in [0.5, 0.6) is 0 Å². The first-order valence-corrected chi connectivity index (χ1v) is 30.1. The van der Waals surface area contributed by atoms with Gasteiger partial charge in [-0.15, -0.1) is 0 Å². The van der Waals surface area contributed by atoms with Crippen molar-refractivity contribution in [3.63, 3.8) is 0 Å². The lowest BCUT2D eigenvalue weighted by molar-refractivity contribution is -0.305. The Morgan fingerprint density at radius 2 is 0.829 bits per heavy atom. The number of allylic oxidation sites excluding steroid dienone is 6. The second kappa shape index (κ2) is 52.3. The molecule has 9 heteroatoms. The van der Waals surface area contributed by atoms with Crippen LogP contribution in [0.1, 0.15) is 284 Å². The average molecular weight is 992 g/mol. The molecular weight excluding hydrogens is 877 g/mol. The molecule has 0 aliphatic carbocycles. The number of aliphatic hydroxyl groups excluding tert-OH is 4. The van der Waals surface area contributed by atoms with Crippen molar-refractivity contribution in [2.24, 2.45) is 0 Å². The zero-order valence-electron chi connectivity index (χ0n) is 45.8. The van der Waals surface area contributed by atoms with Crippen LogP contribution < -0.4 is 0 Å². The van der Waals surface area contributed by atoms with Gasteiger partial charge in [0.05, 0.1) is 19.8 Å². The molecule has 1 aliphatic heterocycles. The highest BCUT2D eigenvalue weighted by Gasteiger charge is 2.44. The molecule has 1 saturated heterocycles. The molecule has 1 aliphatic rings. The maximum absolute atomic E-state index is 12.9. The number of hydrogen-bond donors (Lipinski definition) is 4. The summed E-state index contributed by atoms with van der Waals surface area (Å²) in [5.74, 6) is -0.312. The molecule has 0 aromatic heterocycles. The van der Waals surface area contributed by atoms with E-state index in [1.54, 1.807) is 0 Å². The van der Waals surface area contributed by atoms with Crippen LogP contribution in [0.15, 0.2) is 36.5 Å². The molecule has 1 fully saturated rings. The van der Waals surface area contributed by atoms with Crippen molar-refractivity contribution in [1.82, 2.24) is 0 Å². The van der Waals surface area contributed by atoms with E-state index in [4.69, 9.17) is 18.9 Å². The van der Waals surface area contributed by atoms with Gasteiger partial charge in [0.1, 0.15) is 30.5 Å². The van der Waals surface area contributed by atoms with Gasteiger partial charge >= 0.3 is 5.97 Å². The Morgan fingerprint density at radius 1 is 0.457 bits per heavy atom. The molecule has 1 heterocycles. The van der Waals surface area contributed by atoms with Crippen molar-refractivity contribution >= 4 is 5.97 Å². The topological polar surface area (TPSA) is 135 Å². The van der Waals surface area contributed by atoms with Crippen molar-refractivity contribution in [2.75, 3.05) is 26.4 Å². The number of carbonyl (C=O) groups excluding carboxylic acids is 1. The Hall–Kier alpha value is -1.59. The summed E-state index contributed by atoms with van der Waals surface area (Å²) in [4.78, 5) is 12.9. The fourth-order valence-electron chi connectivity index (χ4n) is 9.39. The van der Waals surface area contributed by atoms with E-state index in [1.165, 1.54) is 218 Å². The maximum Gasteiger partial charge on any atom is 0.306 e. The fraction of sp³-hybridized carbons (Fsp3) is 0.885. The van der Waals surface area contributed by atoms with Gasteiger partial charge in [0.15, 0.2) is 6.29 Å². The van der Waals surface area contributed by atoms with Gasteiger partial charge in [-0.1, -0.05) is 262 Å². The van der Waals surface area contributed by atoms with Gasteiger partial charge in [-0.2, -0.15) is 0 Å². The Balaban J connectivity index is 2.14. The van der Waals surface area contributed by atoms with Crippen LogP contribution in [0, 0.1) is 0 Å². The number of ether oxygens (including phenoxy) is 4. The first-order chi connectivity index (χ1) is 34.4. The fourth-order valence-corrected chi connectivity index (χ4v) is 9.39. The molecule has 9 nitrogen and oxygen atoms in total. The minimum Gasteiger partial charge on any atom is -0.457 e. The van der Waals surface area contributed by atoms with Crippen molar-refractivity contribution in [2.45, 2.75) is 320 Å². The average Bonchev–Trinajstić information content (AvgIpc) is 3.36. The third kappa shape index (κ3) is 41.8. The SMILES string of the molecule is CCCCCCC/C=C\C/C=C\C/C=C\CCCCCCCCCCCCC(=O)OC(COCCCCCCCCCCCCCCCCCCCCCCCC)COC1OC(CO)C(O)C(O)C1O. The summed E-state index contributed by atoms with van der Waals surface area (Å²) < 4.78 is 23.0. The van der Waals surface area contributed by atoms with Gasteiger partial charge in [0.2, 0.25) is 0 Å². The van der Waals surface area contributed by atoms with Gasteiger partial charge in [-0.25, -0.2) is 0 Å². The number of esters is 1. The predicted molar refractivity (Wildman–Crippen MR) is 293 cm³/mol. The molecule has 6 atom stereocenters. The number of carbonyl (C=O) groups is 1. The molecule has 0 bridgehead atoms. The van der Waals surface area contributed by atoms with Crippen LogP contribution in [0.25, 0.3) is 0 Å². The molecule has 0 saturated carbocycles. The Bertz CT molecular complexity index is 1170. The van der Waals surface area contributed by atoms with Gasteiger partial charge in [0.25, 0.3) is 0 Å². The lowest BCUT2D eigenvalue weighted by Gasteiger charge is -2.39. The normalized spacial score (nSPS) is 19.1. The molecule has 70 heavy (non-hydrogen) atoms. The molecule has 6 unspecified atom stereocenters. The van der Waals surface area contributed by atoms with E-state index < -0.39 is 43.4 Å². The summed E-state index contributed by atoms with van der Waals surface area (Å²) in [6.45, 7) is 4.60. The van der Waals surface area contributed by atoms with Gasteiger partial charge < -0.3 is 39.4 Å². The van der Waals surface area contributed by atoms with E-state index in [9.17, 15) is 25.2 Å². The zero-order chi connectivity index (χ0) is 50.6. The van der Waals surface area contributed by atoms with Crippen LogP contribution in [-0.2, 0) is 23.7 Å². The van der Waals surface area contributed by atoms with E-state index in [0.29, 0.717) is 13.0 Å². The van der Waals surface area contributed by atoms with Crippen LogP contribution >= 0.6 is 0 Å². The molecule has 0 radical (unpaired) electrons. The minimum atomic E-state index is -1.54. The summed E-state index contributed by atoms with van der Waals surface area (Å²) in [5, 5.41) is 40.4. The highest BCUT2D eigenvalue weighted by Crippen LogP contribution is 2.23. The quantitative estimate of drug-likeness (QED) is 0.0267. The smallest absolute Gasteiger partial charge is 0.306 e. The second-order valence-electron chi connectivity index (χ2n) is 20.8. The number of unbranched alkanes of at least 4 members (excludes halogenated alkanes) is 36. The first-order valence-electron chi connectivity index (χ1n) is 30.1. The monoisotopic (exact) mass is 991 g/mol. The van der Waals surface area contributed by atoms with Gasteiger partial charge in [0, 0.05) is 13.0 Å². The maximum atomic E-state index is 12.9. The van der Waals surface area contributed by atoms with E-state index in [0.717, 1.165) is 44.9 Å². The summed E-state index contributed by atoms with van der Waals surface area (Å²) in [6, 6.07) is 0. The Labute approximate surface area is 431 Å². The zero-order valence-corrected chi connectivity index (χ0v) is 45.8. The Kier molecular flexibility index (Phi) is 49.6. The second-order valence-corrected chi connectivity index (χ2v) is 20.8. The molecule has 0 aromatic rings. The predicted octanol–water partition coefficient (Wildman–Crippen LogP) is 15.8. The minimum absolute atomic E-state index is 0.111. The van der Waals surface area contributed by atoms with E-state index in [2.05, 4.69) is 50.3 Å². The Morgan fingerprint density at radius 3 is 1.24 bits per heavy atom. The van der Waals surface area contributed by atoms with Crippen LogP contribution in [-0.4, -0.2) is 89.6 Å². The van der Waals surface area contributed by atoms with Crippen LogP contribution in [0.4, 0.5) is 0 Å².